The summed E-state index contributed by atoms with van der Waals surface area (Å²) in [5.41, 5.74) is 1.82. The summed E-state index contributed by atoms with van der Waals surface area (Å²) in [6, 6.07) is 5.82. The van der Waals surface area contributed by atoms with Crippen molar-refractivity contribution in [3.8, 4) is 0 Å². The Morgan fingerprint density at radius 2 is 2.35 bits per heavy atom. The van der Waals surface area contributed by atoms with Crippen LogP contribution in [0.3, 0.4) is 0 Å². The van der Waals surface area contributed by atoms with Crippen molar-refractivity contribution in [2.24, 2.45) is 0 Å². The highest BCUT2D eigenvalue weighted by Crippen LogP contribution is 2.27. The second-order valence-corrected chi connectivity index (χ2v) is 6.22. The summed E-state index contributed by atoms with van der Waals surface area (Å²) in [4.78, 5) is 15.2. The number of thioether (sulfide) groups is 1. The van der Waals surface area contributed by atoms with Crippen LogP contribution in [-0.2, 0) is 16.1 Å². The number of carboxylic acid groups (broad SMARTS) is 1. The molecule has 0 saturated carbocycles. The first-order chi connectivity index (χ1) is 9.51. The minimum absolute atomic E-state index is 0.00808. The molecule has 0 fully saturated rings. The maximum absolute atomic E-state index is 10.7. The van der Waals surface area contributed by atoms with Gasteiger partial charge < -0.3 is 14.4 Å². The second-order valence-electron chi connectivity index (χ2n) is 4.37. The molecule has 108 valence electrons. The van der Waals surface area contributed by atoms with E-state index >= 15 is 0 Å². The van der Waals surface area contributed by atoms with Crippen LogP contribution in [0.2, 0.25) is 0 Å². The normalized spacial score (nSPS) is 12.8. The maximum atomic E-state index is 10.7. The fourth-order valence-corrected chi connectivity index (χ4v) is 2.91. The third-order valence-corrected chi connectivity index (χ3v) is 4.30. The van der Waals surface area contributed by atoms with E-state index in [1.165, 1.54) is 11.8 Å². The SMILES string of the molecule is COC(C)Cn1c(SCC(=O)O)nc2ccc(Br)cc21. The Bertz CT molecular complexity index is 629. The van der Waals surface area contributed by atoms with E-state index in [1.54, 1.807) is 7.11 Å². The van der Waals surface area contributed by atoms with E-state index < -0.39 is 5.97 Å². The van der Waals surface area contributed by atoms with Crippen molar-refractivity contribution in [2.75, 3.05) is 12.9 Å². The molecule has 0 saturated heterocycles. The van der Waals surface area contributed by atoms with Crippen LogP contribution in [0.4, 0.5) is 0 Å². The monoisotopic (exact) mass is 358 g/mol. The molecule has 1 aromatic heterocycles. The van der Waals surface area contributed by atoms with Gasteiger partial charge in [0, 0.05) is 11.6 Å². The van der Waals surface area contributed by atoms with Gasteiger partial charge in [0.1, 0.15) is 0 Å². The lowest BCUT2D eigenvalue weighted by Gasteiger charge is -2.13. The Morgan fingerprint density at radius 3 is 3.00 bits per heavy atom. The smallest absolute Gasteiger partial charge is 0.313 e. The molecule has 0 aliphatic carbocycles. The standard InChI is InChI=1S/C13H15BrN2O3S/c1-8(19-2)6-16-11-5-9(14)3-4-10(11)15-13(16)20-7-12(17)18/h3-5,8H,6-7H2,1-2H3,(H,17,18). The van der Waals surface area contributed by atoms with Crippen LogP contribution in [-0.4, -0.2) is 39.6 Å². The van der Waals surface area contributed by atoms with Crippen molar-refractivity contribution in [2.45, 2.75) is 24.7 Å². The van der Waals surface area contributed by atoms with Gasteiger partial charge in [0.05, 0.1) is 29.4 Å². The first-order valence-electron chi connectivity index (χ1n) is 6.04. The molecule has 0 bridgehead atoms. The summed E-state index contributed by atoms with van der Waals surface area (Å²) in [6.07, 6.45) is 0.0237. The average molecular weight is 359 g/mol. The molecule has 1 heterocycles. The molecule has 0 aliphatic rings. The Morgan fingerprint density at radius 1 is 1.60 bits per heavy atom. The highest BCUT2D eigenvalue weighted by molar-refractivity contribution is 9.10. The highest BCUT2D eigenvalue weighted by Gasteiger charge is 2.15. The molecule has 1 N–H and O–H groups in total. The molecule has 0 amide bonds. The lowest BCUT2D eigenvalue weighted by Crippen LogP contribution is -2.15. The van der Waals surface area contributed by atoms with Crippen LogP contribution in [0.5, 0.6) is 0 Å². The number of aliphatic carboxylic acids is 1. The number of carboxylic acids is 1. The maximum Gasteiger partial charge on any atom is 0.313 e. The van der Waals surface area contributed by atoms with Gasteiger partial charge in [0.2, 0.25) is 0 Å². The topological polar surface area (TPSA) is 64.3 Å². The minimum Gasteiger partial charge on any atom is -0.481 e. The number of carbonyl (C=O) groups is 1. The molecule has 7 heteroatoms. The molecule has 0 aliphatic heterocycles. The number of methoxy groups -OCH3 is 1. The predicted octanol–water partition coefficient (Wildman–Crippen LogP) is 3.01. The minimum atomic E-state index is -0.852. The van der Waals surface area contributed by atoms with E-state index in [0.717, 1.165) is 15.5 Å². The first-order valence-corrected chi connectivity index (χ1v) is 7.82. The molecule has 1 unspecified atom stereocenters. The molecular formula is C13H15BrN2O3S. The summed E-state index contributed by atoms with van der Waals surface area (Å²) in [7, 11) is 1.66. The molecule has 1 aromatic carbocycles. The number of aromatic nitrogens is 2. The van der Waals surface area contributed by atoms with Gasteiger partial charge in [0.15, 0.2) is 5.16 Å². The molecule has 1 atom stereocenters. The number of imidazole rings is 1. The molecule has 0 radical (unpaired) electrons. The van der Waals surface area contributed by atoms with E-state index in [2.05, 4.69) is 20.9 Å². The number of hydrogen-bond donors (Lipinski definition) is 1. The van der Waals surface area contributed by atoms with Gasteiger partial charge in [-0.2, -0.15) is 0 Å². The number of benzene rings is 1. The van der Waals surface area contributed by atoms with E-state index in [0.29, 0.717) is 11.7 Å². The van der Waals surface area contributed by atoms with Gasteiger partial charge >= 0.3 is 5.97 Å². The molecular weight excluding hydrogens is 344 g/mol. The zero-order chi connectivity index (χ0) is 14.7. The van der Waals surface area contributed by atoms with Crippen LogP contribution in [0.15, 0.2) is 27.8 Å². The van der Waals surface area contributed by atoms with Crippen molar-refractivity contribution >= 4 is 44.7 Å². The van der Waals surface area contributed by atoms with Crippen molar-refractivity contribution < 1.29 is 14.6 Å². The van der Waals surface area contributed by atoms with E-state index in [4.69, 9.17) is 9.84 Å². The van der Waals surface area contributed by atoms with Gasteiger partial charge in [-0.05, 0) is 25.1 Å². The van der Waals surface area contributed by atoms with Crippen LogP contribution in [0.1, 0.15) is 6.92 Å². The Balaban J connectivity index is 2.42. The van der Waals surface area contributed by atoms with Crippen molar-refractivity contribution in [3.63, 3.8) is 0 Å². The Hall–Kier alpha value is -1.05. The summed E-state index contributed by atoms with van der Waals surface area (Å²) in [5.74, 6) is -0.860. The average Bonchev–Trinajstić information content (AvgIpc) is 2.74. The fourth-order valence-electron chi connectivity index (χ4n) is 1.82. The molecule has 5 nitrogen and oxygen atoms in total. The zero-order valence-corrected chi connectivity index (χ0v) is 13.6. The predicted molar refractivity (Wildman–Crippen MR) is 82.3 cm³/mol. The molecule has 2 rings (SSSR count). The van der Waals surface area contributed by atoms with Crippen molar-refractivity contribution in [1.29, 1.82) is 0 Å². The summed E-state index contributed by atoms with van der Waals surface area (Å²) in [5, 5.41) is 9.52. The third kappa shape index (κ3) is 3.53. The Labute approximate surface area is 129 Å². The Kier molecular flexibility index (Phi) is 5.06. The highest BCUT2D eigenvalue weighted by atomic mass is 79.9. The van der Waals surface area contributed by atoms with E-state index in [9.17, 15) is 4.79 Å². The van der Waals surface area contributed by atoms with E-state index in [1.807, 2.05) is 29.7 Å². The van der Waals surface area contributed by atoms with Crippen LogP contribution in [0, 0.1) is 0 Å². The van der Waals surface area contributed by atoms with Crippen molar-refractivity contribution in [3.05, 3.63) is 22.7 Å². The van der Waals surface area contributed by atoms with Crippen LogP contribution in [0.25, 0.3) is 11.0 Å². The molecule has 0 spiro atoms. The third-order valence-electron chi connectivity index (χ3n) is 2.84. The second kappa shape index (κ2) is 6.60. The summed E-state index contributed by atoms with van der Waals surface area (Å²) >= 11 is 4.67. The van der Waals surface area contributed by atoms with Gasteiger partial charge in [-0.1, -0.05) is 27.7 Å². The molecule has 2 aromatic rings. The van der Waals surface area contributed by atoms with Gasteiger partial charge in [-0.3, -0.25) is 4.79 Å². The number of fused-ring (bicyclic) bond motifs is 1. The first kappa shape index (κ1) is 15.3. The quantitative estimate of drug-likeness (QED) is 0.804. The fraction of sp³-hybridized carbons (Fsp3) is 0.385. The van der Waals surface area contributed by atoms with Gasteiger partial charge in [-0.15, -0.1) is 0 Å². The zero-order valence-electron chi connectivity index (χ0n) is 11.2. The van der Waals surface area contributed by atoms with Crippen LogP contribution < -0.4 is 0 Å². The number of halogens is 1. The largest absolute Gasteiger partial charge is 0.481 e. The summed E-state index contributed by atoms with van der Waals surface area (Å²) < 4.78 is 8.26. The van der Waals surface area contributed by atoms with Gasteiger partial charge in [-0.25, -0.2) is 4.98 Å². The number of rotatable bonds is 6. The van der Waals surface area contributed by atoms with Crippen LogP contribution >= 0.6 is 27.7 Å². The summed E-state index contributed by atoms with van der Waals surface area (Å²) in [6.45, 7) is 2.60. The number of nitrogens with zero attached hydrogens (tertiary/aromatic N) is 2. The number of hydrogen-bond acceptors (Lipinski definition) is 4. The lowest BCUT2D eigenvalue weighted by molar-refractivity contribution is -0.133. The van der Waals surface area contributed by atoms with Crippen molar-refractivity contribution in [1.82, 2.24) is 9.55 Å². The lowest BCUT2D eigenvalue weighted by atomic mass is 10.3. The molecule has 20 heavy (non-hydrogen) atoms. The van der Waals surface area contributed by atoms with Gasteiger partial charge in [0.25, 0.3) is 0 Å². The van der Waals surface area contributed by atoms with E-state index in [-0.39, 0.29) is 11.9 Å². The number of ether oxygens (including phenoxy) is 1.